The summed E-state index contributed by atoms with van der Waals surface area (Å²) in [6, 6.07) is 6.05. The van der Waals surface area contributed by atoms with E-state index in [-0.39, 0.29) is 0 Å². The first-order chi connectivity index (χ1) is 8.81. The van der Waals surface area contributed by atoms with Crippen LogP contribution in [-0.2, 0) is 6.54 Å². The van der Waals surface area contributed by atoms with E-state index >= 15 is 0 Å². The van der Waals surface area contributed by atoms with Crippen LogP contribution in [0.5, 0.6) is 11.5 Å². The number of methoxy groups -OCH3 is 1. The van der Waals surface area contributed by atoms with Crippen molar-refractivity contribution in [1.29, 1.82) is 0 Å². The van der Waals surface area contributed by atoms with E-state index in [1.807, 2.05) is 26.1 Å². The molecule has 0 saturated carbocycles. The van der Waals surface area contributed by atoms with E-state index in [0.717, 1.165) is 37.6 Å². The predicted octanol–water partition coefficient (Wildman–Crippen LogP) is 1.79. The largest absolute Gasteiger partial charge is 0.493 e. The highest BCUT2D eigenvalue weighted by molar-refractivity contribution is 5.42. The SMILES string of the molecule is CCOc1cc(CNCCCNC)ccc1OC. The zero-order chi connectivity index (χ0) is 13.2. The van der Waals surface area contributed by atoms with E-state index < -0.39 is 0 Å². The first-order valence-corrected chi connectivity index (χ1v) is 6.46. The Kier molecular flexibility index (Phi) is 7.22. The third-order valence-corrected chi connectivity index (χ3v) is 2.64. The van der Waals surface area contributed by atoms with Gasteiger partial charge in [0.1, 0.15) is 0 Å². The number of hydrogen-bond acceptors (Lipinski definition) is 4. The molecule has 0 unspecified atom stereocenters. The molecule has 18 heavy (non-hydrogen) atoms. The Morgan fingerprint density at radius 1 is 1.17 bits per heavy atom. The van der Waals surface area contributed by atoms with Crippen LogP contribution in [0.1, 0.15) is 18.9 Å². The molecule has 2 N–H and O–H groups in total. The van der Waals surface area contributed by atoms with Crippen molar-refractivity contribution in [3.05, 3.63) is 23.8 Å². The molecule has 4 heteroatoms. The van der Waals surface area contributed by atoms with Gasteiger partial charge in [0.05, 0.1) is 13.7 Å². The van der Waals surface area contributed by atoms with E-state index in [0.29, 0.717) is 6.61 Å². The maximum Gasteiger partial charge on any atom is 0.161 e. The van der Waals surface area contributed by atoms with Gasteiger partial charge in [-0.2, -0.15) is 0 Å². The van der Waals surface area contributed by atoms with Crippen LogP contribution in [0.3, 0.4) is 0 Å². The summed E-state index contributed by atoms with van der Waals surface area (Å²) in [6.07, 6.45) is 1.13. The molecule has 1 aromatic carbocycles. The summed E-state index contributed by atoms with van der Waals surface area (Å²) in [7, 11) is 3.63. The first-order valence-electron chi connectivity index (χ1n) is 6.46. The van der Waals surface area contributed by atoms with Gasteiger partial charge in [-0.15, -0.1) is 0 Å². The Morgan fingerprint density at radius 3 is 2.67 bits per heavy atom. The van der Waals surface area contributed by atoms with Crippen LogP contribution in [0, 0.1) is 0 Å². The van der Waals surface area contributed by atoms with E-state index in [9.17, 15) is 0 Å². The van der Waals surface area contributed by atoms with E-state index in [1.54, 1.807) is 7.11 Å². The van der Waals surface area contributed by atoms with Crippen LogP contribution < -0.4 is 20.1 Å². The van der Waals surface area contributed by atoms with Gasteiger partial charge in [0.15, 0.2) is 11.5 Å². The van der Waals surface area contributed by atoms with Crippen molar-refractivity contribution in [1.82, 2.24) is 10.6 Å². The van der Waals surface area contributed by atoms with Crippen molar-refractivity contribution >= 4 is 0 Å². The van der Waals surface area contributed by atoms with E-state index in [1.165, 1.54) is 5.56 Å². The van der Waals surface area contributed by atoms with Gasteiger partial charge in [0.2, 0.25) is 0 Å². The molecule has 0 amide bonds. The topological polar surface area (TPSA) is 42.5 Å². The highest BCUT2D eigenvalue weighted by Gasteiger charge is 2.04. The van der Waals surface area contributed by atoms with E-state index in [4.69, 9.17) is 9.47 Å². The highest BCUT2D eigenvalue weighted by atomic mass is 16.5. The first kappa shape index (κ1) is 14.8. The molecule has 0 aliphatic heterocycles. The molecule has 0 atom stereocenters. The standard InChI is InChI=1S/C14H24N2O2/c1-4-18-14-10-12(6-7-13(14)17-3)11-16-9-5-8-15-2/h6-7,10,15-16H,4-5,8-9,11H2,1-3H3. The van der Waals surface area contributed by atoms with Crippen molar-refractivity contribution < 1.29 is 9.47 Å². The molecule has 0 fully saturated rings. The second kappa shape index (κ2) is 8.78. The average molecular weight is 252 g/mol. The maximum absolute atomic E-state index is 5.55. The smallest absolute Gasteiger partial charge is 0.161 e. The number of hydrogen-bond donors (Lipinski definition) is 2. The summed E-state index contributed by atoms with van der Waals surface area (Å²) in [5.41, 5.74) is 1.21. The molecular formula is C14H24N2O2. The minimum absolute atomic E-state index is 0.648. The molecule has 0 aromatic heterocycles. The molecule has 0 radical (unpaired) electrons. The Balaban J connectivity index is 2.48. The second-order valence-corrected chi connectivity index (χ2v) is 4.05. The summed E-state index contributed by atoms with van der Waals surface area (Å²) in [6.45, 7) is 5.53. The Morgan fingerprint density at radius 2 is 2.00 bits per heavy atom. The Bertz CT molecular complexity index is 343. The summed E-state index contributed by atoms with van der Waals surface area (Å²) < 4.78 is 10.8. The minimum atomic E-state index is 0.648. The lowest BCUT2D eigenvalue weighted by atomic mass is 10.2. The number of ether oxygens (including phenoxy) is 2. The number of rotatable bonds is 9. The fourth-order valence-corrected chi connectivity index (χ4v) is 1.72. The van der Waals surface area contributed by atoms with Crippen LogP contribution in [-0.4, -0.2) is 33.9 Å². The van der Waals surface area contributed by atoms with Gasteiger partial charge in [0, 0.05) is 6.54 Å². The second-order valence-electron chi connectivity index (χ2n) is 4.05. The fourth-order valence-electron chi connectivity index (χ4n) is 1.72. The minimum Gasteiger partial charge on any atom is -0.493 e. The van der Waals surface area contributed by atoms with Gasteiger partial charge in [0.25, 0.3) is 0 Å². The summed E-state index contributed by atoms with van der Waals surface area (Å²) >= 11 is 0. The van der Waals surface area contributed by atoms with Crippen LogP contribution in [0.4, 0.5) is 0 Å². The Labute approximate surface area is 110 Å². The average Bonchev–Trinajstić information content (AvgIpc) is 2.39. The van der Waals surface area contributed by atoms with Crippen LogP contribution >= 0.6 is 0 Å². The fraction of sp³-hybridized carbons (Fsp3) is 0.571. The molecule has 4 nitrogen and oxygen atoms in total. The Hall–Kier alpha value is -1.26. The molecule has 0 spiro atoms. The maximum atomic E-state index is 5.55. The number of nitrogens with one attached hydrogen (secondary N) is 2. The molecular weight excluding hydrogens is 228 g/mol. The molecule has 0 heterocycles. The lowest BCUT2D eigenvalue weighted by Gasteiger charge is -2.11. The van der Waals surface area contributed by atoms with Crippen LogP contribution in [0.25, 0.3) is 0 Å². The number of benzene rings is 1. The van der Waals surface area contributed by atoms with Crippen LogP contribution in [0.2, 0.25) is 0 Å². The molecule has 0 aliphatic rings. The van der Waals surface area contributed by atoms with Gasteiger partial charge in [-0.1, -0.05) is 6.07 Å². The van der Waals surface area contributed by atoms with Gasteiger partial charge >= 0.3 is 0 Å². The zero-order valence-electron chi connectivity index (χ0n) is 11.6. The molecule has 0 aliphatic carbocycles. The van der Waals surface area contributed by atoms with Gasteiger partial charge < -0.3 is 20.1 Å². The quantitative estimate of drug-likeness (QED) is 0.658. The van der Waals surface area contributed by atoms with Crippen molar-refractivity contribution in [3.63, 3.8) is 0 Å². The van der Waals surface area contributed by atoms with Crippen molar-refractivity contribution in [3.8, 4) is 11.5 Å². The van der Waals surface area contributed by atoms with Gasteiger partial charge in [-0.25, -0.2) is 0 Å². The summed E-state index contributed by atoms with van der Waals surface area (Å²) in [5, 5.41) is 6.54. The molecule has 1 aromatic rings. The van der Waals surface area contributed by atoms with Crippen LogP contribution in [0.15, 0.2) is 18.2 Å². The van der Waals surface area contributed by atoms with Crippen molar-refractivity contribution in [2.24, 2.45) is 0 Å². The highest BCUT2D eigenvalue weighted by Crippen LogP contribution is 2.27. The molecule has 102 valence electrons. The summed E-state index contributed by atoms with van der Waals surface area (Å²) in [4.78, 5) is 0. The van der Waals surface area contributed by atoms with Gasteiger partial charge in [-0.05, 0) is 51.2 Å². The molecule has 0 bridgehead atoms. The van der Waals surface area contributed by atoms with Crippen molar-refractivity contribution in [2.45, 2.75) is 19.9 Å². The predicted molar refractivity (Wildman–Crippen MR) is 74.4 cm³/mol. The third-order valence-electron chi connectivity index (χ3n) is 2.64. The lowest BCUT2D eigenvalue weighted by Crippen LogP contribution is -2.19. The van der Waals surface area contributed by atoms with Gasteiger partial charge in [-0.3, -0.25) is 0 Å². The monoisotopic (exact) mass is 252 g/mol. The molecule has 1 rings (SSSR count). The normalized spacial score (nSPS) is 10.4. The molecule has 0 saturated heterocycles. The van der Waals surface area contributed by atoms with Crippen molar-refractivity contribution in [2.75, 3.05) is 33.9 Å². The zero-order valence-corrected chi connectivity index (χ0v) is 11.6. The lowest BCUT2D eigenvalue weighted by molar-refractivity contribution is 0.310. The summed E-state index contributed by atoms with van der Waals surface area (Å²) in [5.74, 6) is 1.60. The third kappa shape index (κ3) is 4.94. The van der Waals surface area contributed by atoms with E-state index in [2.05, 4.69) is 16.7 Å².